The summed E-state index contributed by atoms with van der Waals surface area (Å²) in [5.74, 6) is 0.899. The van der Waals surface area contributed by atoms with Gasteiger partial charge in [-0.1, -0.05) is 36.8 Å². The second kappa shape index (κ2) is 4.17. The number of rotatable bonds is 1. The number of carbonyl (C=O) groups is 1. The lowest BCUT2D eigenvalue weighted by atomic mass is 9.67. The fourth-order valence-corrected chi connectivity index (χ4v) is 3.53. The number of nitrogens with one attached hydrogen (secondary N) is 1. The quantitative estimate of drug-likeness (QED) is 0.788. The van der Waals surface area contributed by atoms with Crippen molar-refractivity contribution in [1.82, 2.24) is 5.32 Å². The van der Waals surface area contributed by atoms with Gasteiger partial charge in [-0.25, -0.2) is 0 Å². The van der Waals surface area contributed by atoms with Crippen LogP contribution >= 0.6 is 0 Å². The topological polar surface area (TPSA) is 29.1 Å². The van der Waals surface area contributed by atoms with E-state index in [4.69, 9.17) is 0 Å². The van der Waals surface area contributed by atoms with Crippen LogP contribution in [0.3, 0.4) is 0 Å². The molecule has 1 N–H and O–H groups in total. The third-order valence-corrected chi connectivity index (χ3v) is 4.41. The van der Waals surface area contributed by atoms with E-state index >= 15 is 0 Å². The number of hydrogen-bond donors (Lipinski definition) is 1. The first-order valence-corrected chi connectivity index (χ1v) is 6.59. The van der Waals surface area contributed by atoms with Crippen LogP contribution in [0.4, 0.5) is 0 Å². The Morgan fingerprint density at radius 3 is 2.76 bits per heavy atom. The highest BCUT2D eigenvalue weighted by Crippen LogP contribution is 2.47. The van der Waals surface area contributed by atoms with Gasteiger partial charge in [0, 0.05) is 13.0 Å². The third-order valence-electron chi connectivity index (χ3n) is 4.41. The molecule has 1 aromatic carbocycles. The molecule has 1 amide bonds. The van der Waals surface area contributed by atoms with Crippen LogP contribution in [-0.4, -0.2) is 12.5 Å². The van der Waals surface area contributed by atoms with E-state index in [0.717, 1.165) is 13.0 Å². The van der Waals surface area contributed by atoms with Gasteiger partial charge in [0.2, 0.25) is 5.91 Å². The highest BCUT2D eigenvalue weighted by molar-refractivity contribution is 5.79. The zero-order valence-corrected chi connectivity index (χ0v) is 10.1. The van der Waals surface area contributed by atoms with Crippen LogP contribution in [0.5, 0.6) is 0 Å². The van der Waals surface area contributed by atoms with Crippen LogP contribution in [0.2, 0.25) is 0 Å². The Morgan fingerprint density at radius 2 is 2.06 bits per heavy atom. The van der Waals surface area contributed by atoms with Gasteiger partial charge in [0.25, 0.3) is 0 Å². The van der Waals surface area contributed by atoms with E-state index in [0.29, 0.717) is 5.92 Å². The van der Waals surface area contributed by atoms with Crippen LogP contribution in [0.1, 0.15) is 43.6 Å². The zero-order chi connectivity index (χ0) is 11.7. The summed E-state index contributed by atoms with van der Waals surface area (Å²) in [5, 5.41) is 3.01. The Balaban J connectivity index is 1.78. The van der Waals surface area contributed by atoms with Crippen molar-refractivity contribution in [3.63, 3.8) is 0 Å². The smallest absolute Gasteiger partial charge is 0.220 e. The number of hydrogen-bond acceptors (Lipinski definition) is 1. The van der Waals surface area contributed by atoms with Crippen molar-refractivity contribution in [2.45, 2.75) is 38.0 Å². The lowest BCUT2D eigenvalue weighted by Crippen LogP contribution is -2.30. The summed E-state index contributed by atoms with van der Waals surface area (Å²) in [4.78, 5) is 11.4. The minimum absolute atomic E-state index is 0.249. The minimum atomic E-state index is 0.249. The average Bonchev–Trinajstić information content (AvgIpc) is 2.71. The molecular formula is C15H19NO. The van der Waals surface area contributed by atoms with Crippen LogP contribution in [-0.2, 0) is 4.79 Å². The first-order valence-electron chi connectivity index (χ1n) is 6.59. The summed E-state index contributed by atoms with van der Waals surface area (Å²) in [5.41, 5.74) is 1.71. The summed E-state index contributed by atoms with van der Waals surface area (Å²) >= 11 is 0. The lowest BCUT2D eigenvalue weighted by Gasteiger charge is -2.37. The first-order chi connectivity index (χ1) is 8.27. The zero-order valence-electron chi connectivity index (χ0n) is 10.1. The largest absolute Gasteiger partial charge is 0.356 e. The highest BCUT2D eigenvalue weighted by Gasteiger charge is 2.42. The maximum Gasteiger partial charge on any atom is 0.220 e. The van der Waals surface area contributed by atoms with E-state index in [1.165, 1.54) is 31.2 Å². The van der Waals surface area contributed by atoms with E-state index in [9.17, 15) is 4.79 Å². The lowest BCUT2D eigenvalue weighted by molar-refractivity contribution is -0.119. The molecule has 17 heavy (non-hydrogen) atoms. The van der Waals surface area contributed by atoms with Gasteiger partial charge in [0.15, 0.2) is 0 Å². The van der Waals surface area contributed by atoms with Gasteiger partial charge in [-0.2, -0.15) is 0 Å². The molecule has 0 radical (unpaired) electrons. The van der Waals surface area contributed by atoms with Crippen LogP contribution in [0, 0.1) is 5.41 Å². The number of carbonyl (C=O) groups excluding carboxylic acids is 1. The fraction of sp³-hybridized carbons (Fsp3) is 0.533. The molecule has 1 saturated heterocycles. The molecule has 2 fully saturated rings. The van der Waals surface area contributed by atoms with Crippen molar-refractivity contribution in [2.75, 3.05) is 6.54 Å². The molecule has 2 heteroatoms. The Morgan fingerprint density at radius 1 is 1.24 bits per heavy atom. The van der Waals surface area contributed by atoms with Crippen molar-refractivity contribution in [3.05, 3.63) is 35.9 Å². The predicted molar refractivity (Wildman–Crippen MR) is 67.7 cm³/mol. The molecule has 0 unspecified atom stereocenters. The summed E-state index contributed by atoms with van der Waals surface area (Å²) < 4.78 is 0. The molecule has 2 aliphatic rings. The van der Waals surface area contributed by atoms with Gasteiger partial charge in [0.1, 0.15) is 0 Å². The van der Waals surface area contributed by atoms with Crippen LogP contribution < -0.4 is 5.32 Å². The van der Waals surface area contributed by atoms with E-state index in [1.54, 1.807) is 0 Å². The van der Waals surface area contributed by atoms with Gasteiger partial charge in [-0.15, -0.1) is 0 Å². The average molecular weight is 229 g/mol. The first kappa shape index (κ1) is 10.8. The monoisotopic (exact) mass is 229 g/mol. The van der Waals surface area contributed by atoms with Crippen LogP contribution in [0.25, 0.3) is 0 Å². The number of benzene rings is 1. The van der Waals surface area contributed by atoms with Gasteiger partial charge in [-0.05, 0) is 36.2 Å². The Kier molecular flexibility index (Phi) is 2.65. The fourth-order valence-electron chi connectivity index (χ4n) is 3.53. The molecular weight excluding hydrogens is 210 g/mol. The van der Waals surface area contributed by atoms with Crippen molar-refractivity contribution < 1.29 is 4.79 Å². The van der Waals surface area contributed by atoms with Crippen molar-refractivity contribution in [2.24, 2.45) is 5.41 Å². The molecule has 1 aromatic rings. The molecule has 2 nitrogen and oxygen atoms in total. The Bertz CT molecular complexity index is 414. The molecule has 0 aromatic heterocycles. The predicted octanol–water partition coefficient (Wildman–Crippen LogP) is 2.85. The van der Waals surface area contributed by atoms with E-state index in [1.807, 2.05) is 0 Å². The molecule has 1 spiro atoms. The van der Waals surface area contributed by atoms with Gasteiger partial charge < -0.3 is 5.32 Å². The number of amides is 1. The SMILES string of the molecule is O=C1C[C@@]2(CCC[C@@H](c3ccccc3)C2)CN1. The summed E-state index contributed by atoms with van der Waals surface area (Å²) in [7, 11) is 0. The normalized spacial score (nSPS) is 32.7. The second-order valence-corrected chi connectivity index (χ2v) is 5.66. The minimum Gasteiger partial charge on any atom is -0.356 e. The molecule has 1 aliphatic heterocycles. The molecule has 1 saturated carbocycles. The maximum atomic E-state index is 11.4. The summed E-state index contributed by atoms with van der Waals surface area (Å²) in [6, 6.07) is 10.8. The van der Waals surface area contributed by atoms with Gasteiger partial charge >= 0.3 is 0 Å². The van der Waals surface area contributed by atoms with Crippen molar-refractivity contribution >= 4 is 5.91 Å². The van der Waals surface area contributed by atoms with Crippen LogP contribution in [0.15, 0.2) is 30.3 Å². The third kappa shape index (κ3) is 2.08. The van der Waals surface area contributed by atoms with Crippen molar-refractivity contribution in [1.29, 1.82) is 0 Å². The maximum absolute atomic E-state index is 11.4. The summed E-state index contributed by atoms with van der Waals surface area (Å²) in [6.45, 7) is 0.898. The molecule has 0 bridgehead atoms. The van der Waals surface area contributed by atoms with E-state index < -0.39 is 0 Å². The Labute approximate surface area is 102 Å². The molecule has 90 valence electrons. The summed E-state index contributed by atoms with van der Waals surface area (Å²) in [6.07, 6.45) is 5.68. The molecule has 3 rings (SSSR count). The molecule has 1 heterocycles. The van der Waals surface area contributed by atoms with Gasteiger partial charge in [-0.3, -0.25) is 4.79 Å². The Hall–Kier alpha value is -1.31. The molecule has 1 aliphatic carbocycles. The van der Waals surface area contributed by atoms with Crippen molar-refractivity contribution in [3.8, 4) is 0 Å². The van der Waals surface area contributed by atoms with E-state index in [2.05, 4.69) is 35.6 Å². The highest BCUT2D eigenvalue weighted by atomic mass is 16.1. The van der Waals surface area contributed by atoms with E-state index in [-0.39, 0.29) is 11.3 Å². The second-order valence-electron chi connectivity index (χ2n) is 5.66. The van der Waals surface area contributed by atoms with Gasteiger partial charge in [0.05, 0.1) is 0 Å². The molecule has 2 atom stereocenters. The standard InChI is InChI=1S/C15H19NO/c17-14-10-15(11-16-14)8-4-7-13(9-15)12-5-2-1-3-6-12/h1-3,5-6,13H,4,7-11H2,(H,16,17)/t13-,15+/m1/s1.